The van der Waals surface area contributed by atoms with Crippen LogP contribution >= 0.6 is 0 Å². The number of aromatic amines is 1. The van der Waals surface area contributed by atoms with Crippen molar-refractivity contribution in [1.29, 1.82) is 0 Å². The van der Waals surface area contributed by atoms with Crippen molar-refractivity contribution in [3.05, 3.63) is 18.7 Å². The van der Waals surface area contributed by atoms with Gasteiger partial charge in [0.1, 0.15) is 23.9 Å². The van der Waals surface area contributed by atoms with Gasteiger partial charge in [-0.25, -0.2) is 9.37 Å². The Morgan fingerprint density at radius 3 is 2.79 bits per heavy atom. The number of halogens is 1. The molecule has 5 heterocycles. The molecule has 0 radical (unpaired) electrons. The van der Waals surface area contributed by atoms with E-state index >= 15 is 0 Å². The SMILES string of the molecule is FC1CC2(C1)CN(c1c(-c3cn[nH]c3)ncn3nc(NC4CCOCC4)nc13)C2. The molecule has 2 N–H and O–H groups in total. The number of ether oxygens (including phenoxy) is 1. The Balaban J connectivity index is 1.36. The Labute approximate surface area is 166 Å². The van der Waals surface area contributed by atoms with E-state index in [4.69, 9.17) is 9.72 Å². The molecule has 0 atom stereocenters. The maximum absolute atomic E-state index is 13.5. The summed E-state index contributed by atoms with van der Waals surface area (Å²) in [6.07, 6.45) is 7.84. The van der Waals surface area contributed by atoms with E-state index in [1.165, 1.54) is 0 Å². The van der Waals surface area contributed by atoms with Crippen molar-refractivity contribution >= 4 is 17.3 Å². The molecule has 0 bridgehead atoms. The van der Waals surface area contributed by atoms with E-state index in [2.05, 4.69) is 30.5 Å². The molecule has 0 unspecified atom stereocenters. The van der Waals surface area contributed by atoms with Gasteiger partial charge < -0.3 is 15.0 Å². The van der Waals surface area contributed by atoms with Gasteiger partial charge in [0.25, 0.3) is 0 Å². The van der Waals surface area contributed by atoms with Crippen molar-refractivity contribution in [3.8, 4) is 11.3 Å². The number of fused-ring (bicyclic) bond motifs is 1. The van der Waals surface area contributed by atoms with Crippen LogP contribution in [0.5, 0.6) is 0 Å². The highest BCUT2D eigenvalue weighted by molar-refractivity contribution is 5.85. The molecule has 9 nitrogen and oxygen atoms in total. The number of aromatic nitrogens is 6. The quantitative estimate of drug-likeness (QED) is 0.694. The van der Waals surface area contributed by atoms with Crippen LogP contribution in [0.1, 0.15) is 25.7 Å². The largest absolute Gasteiger partial charge is 0.381 e. The van der Waals surface area contributed by atoms with Gasteiger partial charge in [0.2, 0.25) is 5.95 Å². The normalized spacial score (nSPS) is 22.0. The summed E-state index contributed by atoms with van der Waals surface area (Å²) in [6, 6.07) is 0.314. The molecule has 2 saturated heterocycles. The second-order valence-corrected chi connectivity index (χ2v) is 8.52. The van der Waals surface area contributed by atoms with E-state index in [0.717, 1.165) is 61.7 Å². The average molecular weight is 398 g/mol. The Morgan fingerprint density at radius 2 is 2.07 bits per heavy atom. The fourth-order valence-electron chi connectivity index (χ4n) is 4.87. The van der Waals surface area contributed by atoms with Gasteiger partial charge in [-0.05, 0) is 25.7 Å². The number of anilines is 2. The van der Waals surface area contributed by atoms with Gasteiger partial charge in [-0.2, -0.15) is 14.6 Å². The fourth-order valence-corrected chi connectivity index (χ4v) is 4.87. The molecule has 3 fully saturated rings. The molecule has 3 aromatic heterocycles. The molecule has 6 rings (SSSR count). The fraction of sp³-hybridized carbons (Fsp3) is 0.579. The average Bonchev–Trinajstić information content (AvgIpc) is 3.33. The Kier molecular flexibility index (Phi) is 3.77. The molecule has 3 aliphatic rings. The summed E-state index contributed by atoms with van der Waals surface area (Å²) in [5.74, 6) is 0.604. The lowest BCUT2D eigenvalue weighted by molar-refractivity contribution is 0.000983. The standard InChI is InChI=1S/C19H23FN8O/c20-13-5-19(6-13)9-27(10-19)16-15(12-7-22-23-8-12)21-11-28-17(16)25-18(26-28)24-14-1-3-29-4-2-14/h7-8,11,13-14H,1-6,9-10H2,(H,22,23)(H,24,26). The van der Waals surface area contributed by atoms with Crippen LogP contribution < -0.4 is 10.2 Å². The molecular weight excluding hydrogens is 375 g/mol. The Bertz CT molecular complexity index is 1010. The third-order valence-corrected chi connectivity index (χ3v) is 6.37. The van der Waals surface area contributed by atoms with Gasteiger partial charge >= 0.3 is 0 Å². The summed E-state index contributed by atoms with van der Waals surface area (Å²) in [7, 11) is 0. The van der Waals surface area contributed by atoms with Crippen LogP contribution in [0.3, 0.4) is 0 Å². The number of hydrogen-bond donors (Lipinski definition) is 2. The molecule has 29 heavy (non-hydrogen) atoms. The van der Waals surface area contributed by atoms with Gasteiger partial charge in [0.15, 0.2) is 5.65 Å². The number of nitrogens with one attached hydrogen (secondary N) is 2. The van der Waals surface area contributed by atoms with E-state index in [1.807, 2.05) is 6.20 Å². The smallest absolute Gasteiger partial charge is 0.243 e. The first-order valence-corrected chi connectivity index (χ1v) is 10.2. The zero-order valence-electron chi connectivity index (χ0n) is 16.0. The zero-order valence-corrected chi connectivity index (χ0v) is 16.0. The Hall–Kier alpha value is -2.75. The third-order valence-electron chi connectivity index (χ3n) is 6.37. The molecule has 1 aliphatic carbocycles. The number of hydrogen-bond acceptors (Lipinski definition) is 7. The van der Waals surface area contributed by atoms with Gasteiger partial charge in [-0.1, -0.05) is 0 Å². The van der Waals surface area contributed by atoms with Gasteiger partial charge in [-0.3, -0.25) is 5.10 Å². The molecule has 0 amide bonds. The van der Waals surface area contributed by atoms with Gasteiger partial charge in [0.05, 0.1) is 6.20 Å². The summed E-state index contributed by atoms with van der Waals surface area (Å²) in [5.41, 5.74) is 3.54. The van der Waals surface area contributed by atoms with Crippen LogP contribution in [-0.2, 0) is 4.74 Å². The van der Waals surface area contributed by atoms with Crippen molar-refractivity contribution in [2.75, 3.05) is 36.5 Å². The van der Waals surface area contributed by atoms with Crippen LogP contribution in [0.15, 0.2) is 18.7 Å². The second kappa shape index (κ2) is 6.38. The maximum Gasteiger partial charge on any atom is 0.243 e. The predicted molar refractivity (Wildman–Crippen MR) is 105 cm³/mol. The molecule has 0 aromatic carbocycles. The minimum atomic E-state index is -0.650. The summed E-state index contributed by atoms with van der Waals surface area (Å²) in [6.45, 7) is 3.17. The lowest BCUT2D eigenvalue weighted by Gasteiger charge is -2.58. The summed E-state index contributed by atoms with van der Waals surface area (Å²) in [5, 5.41) is 15.0. The summed E-state index contributed by atoms with van der Waals surface area (Å²) >= 11 is 0. The van der Waals surface area contributed by atoms with Gasteiger partial charge in [-0.15, -0.1) is 5.10 Å². The highest BCUT2D eigenvalue weighted by Crippen LogP contribution is 2.52. The van der Waals surface area contributed by atoms with Crippen LogP contribution in [0.4, 0.5) is 16.0 Å². The van der Waals surface area contributed by atoms with Crippen LogP contribution in [0, 0.1) is 5.41 Å². The molecular formula is C19H23FN8O. The van der Waals surface area contributed by atoms with Crippen molar-refractivity contribution in [2.24, 2.45) is 5.41 Å². The molecule has 1 spiro atoms. The van der Waals surface area contributed by atoms with E-state index in [1.54, 1.807) is 17.0 Å². The molecule has 152 valence electrons. The maximum atomic E-state index is 13.5. The van der Waals surface area contributed by atoms with Crippen molar-refractivity contribution in [1.82, 2.24) is 29.8 Å². The first kappa shape index (κ1) is 17.1. The van der Waals surface area contributed by atoms with Crippen molar-refractivity contribution in [3.63, 3.8) is 0 Å². The molecule has 2 aliphatic heterocycles. The predicted octanol–water partition coefficient (Wildman–Crippen LogP) is 2.04. The second-order valence-electron chi connectivity index (χ2n) is 8.52. The minimum absolute atomic E-state index is 0.114. The lowest BCUT2D eigenvalue weighted by Crippen LogP contribution is -2.63. The van der Waals surface area contributed by atoms with Crippen molar-refractivity contribution < 1.29 is 9.13 Å². The third kappa shape index (κ3) is 2.85. The number of alkyl halides is 1. The zero-order chi connectivity index (χ0) is 19.4. The number of H-pyrrole nitrogens is 1. The van der Waals surface area contributed by atoms with E-state index in [9.17, 15) is 4.39 Å². The lowest BCUT2D eigenvalue weighted by atomic mass is 9.62. The minimum Gasteiger partial charge on any atom is -0.381 e. The molecule has 1 saturated carbocycles. The van der Waals surface area contributed by atoms with Crippen LogP contribution in [-0.4, -0.2) is 68.3 Å². The number of nitrogens with zero attached hydrogens (tertiary/aromatic N) is 6. The summed E-state index contributed by atoms with van der Waals surface area (Å²) < 4.78 is 20.6. The van der Waals surface area contributed by atoms with Crippen LogP contribution in [0.25, 0.3) is 16.9 Å². The highest BCUT2D eigenvalue weighted by Gasteiger charge is 2.53. The first-order valence-electron chi connectivity index (χ1n) is 10.2. The molecule has 10 heteroatoms. The van der Waals surface area contributed by atoms with E-state index in [0.29, 0.717) is 24.8 Å². The monoisotopic (exact) mass is 398 g/mol. The van der Waals surface area contributed by atoms with E-state index < -0.39 is 6.17 Å². The van der Waals surface area contributed by atoms with Crippen molar-refractivity contribution in [2.45, 2.75) is 37.9 Å². The van der Waals surface area contributed by atoms with Crippen LogP contribution in [0.2, 0.25) is 0 Å². The highest BCUT2D eigenvalue weighted by atomic mass is 19.1. The van der Waals surface area contributed by atoms with Gasteiger partial charge in [0, 0.05) is 49.5 Å². The topological polar surface area (TPSA) is 96.3 Å². The summed E-state index contributed by atoms with van der Waals surface area (Å²) in [4.78, 5) is 11.7. The molecule has 3 aromatic rings. The van der Waals surface area contributed by atoms with E-state index in [-0.39, 0.29) is 5.41 Å². The number of rotatable bonds is 4. The Morgan fingerprint density at radius 1 is 1.24 bits per heavy atom. The first-order chi connectivity index (χ1) is 14.2.